The highest BCUT2D eigenvalue weighted by Crippen LogP contribution is 2.21. The van der Waals surface area contributed by atoms with Gasteiger partial charge in [-0.25, -0.2) is 9.78 Å². The molecule has 0 saturated heterocycles. The van der Waals surface area contributed by atoms with E-state index in [0.717, 1.165) is 20.0 Å². The van der Waals surface area contributed by atoms with E-state index in [1.807, 2.05) is 0 Å². The molecule has 0 bridgehead atoms. The third-order valence-corrected chi connectivity index (χ3v) is 2.96. The molecule has 2 aromatic heterocycles. The van der Waals surface area contributed by atoms with Gasteiger partial charge in [0.1, 0.15) is 0 Å². The fraction of sp³-hybridized carbons (Fsp3) is 0.500. The predicted octanol–water partition coefficient (Wildman–Crippen LogP) is -0.643. The van der Waals surface area contributed by atoms with Gasteiger partial charge in [-0.3, -0.25) is 13.9 Å². The van der Waals surface area contributed by atoms with Gasteiger partial charge < -0.3 is 9.67 Å². The molecule has 10 heteroatoms. The van der Waals surface area contributed by atoms with Crippen LogP contribution in [0, 0.1) is 0 Å². The minimum Gasteiger partial charge on any atom is -0.382 e. The van der Waals surface area contributed by atoms with Crippen LogP contribution in [0.25, 0.3) is 11.2 Å². The zero-order valence-corrected chi connectivity index (χ0v) is 10.5. The number of hydrogen-bond acceptors (Lipinski definition) is 4. The van der Waals surface area contributed by atoms with Crippen molar-refractivity contribution < 1.29 is 18.3 Å². The summed E-state index contributed by atoms with van der Waals surface area (Å²) in [6.45, 7) is -0.868. The smallest absolute Gasteiger partial charge is 0.382 e. The summed E-state index contributed by atoms with van der Waals surface area (Å²) in [7, 11) is 2.56. The Labute approximate surface area is 109 Å². The fourth-order valence-corrected chi connectivity index (χ4v) is 1.83. The Morgan fingerprint density at radius 1 is 1.30 bits per heavy atom. The molecule has 0 aromatic carbocycles. The number of alkyl halides is 3. The Morgan fingerprint density at radius 2 is 1.90 bits per heavy atom. The van der Waals surface area contributed by atoms with Crippen LogP contribution < -0.4 is 11.2 Å². The second-order valence-corrected chi connectivity index (χ2v) is 4.33. The molecule has 20 heavy (non-hydrogen) atoms. The van der Waals surface area contributed by atoms with Gasteiger partial charge in [0, 0.05) is 14.1 Å². The number of rotatable bonds is 2. The molecule has 0 spiro atoms. The standard InChI is InChI=1S/C10H11F3N4O3/c1-15-7-6(8(19)16(2)9(15)20)17(4-14-7)3-5(18)10(11,12)13/h4-5,18H,3H2,1-2H3. The highest BCUT2D eigenvalue weighted by atomic mass is 19.4. The summed E-state index contributed by atoms with van der Waals surface area (Å²) >= 11 is 0. The molecule has 0 saturated carbocycles. The van der Waals surface area contributed by atoms with Crippen molar-refractivity contribution in [3.63, 3.8) is 0 Å². The van der Waals surface area contributed by atoms with Gasteiger partial charge in [-0.15, -0.1) is 0 Å². The van der Waals surface area contributed by atoms with E-state index in [1.165, 1.54) is 14.1 Å². The van der Waals surface area contributed by atoms with Gasteiger partial charge in [-0.2, -0.15) is 13.2 Å². The summed E-state index contributed by atoms with van der Waals surface area (Å²) in [5.41, 5.74) is -1.61. The van der Waals surface area contributed by atoms with Crippen LogP contribution in [0.1, 0.15) is 0 Å². The Hall–Kier alpha value is -2.10. The molecule has 2 heterocycles. The molecule has 2 rings (SSSR count). The van der Waals surface area contributed by atoms with Gasteiger partial charge >= 0.3 is 11.9 Å². The van der Waals surface area contributed by atoms with Gasteiger partial charge in [0.2, 0.25) is 0 Å². The van der Waals surface area contributed by atoms with E-state index < -0.39 is 30.1 Å². The number of fused-ring (bicyclic) bond motifs is 1. The van der Waals surface area contributed by atoms with Gasteiger partial charge in [-0.1, -0.05) is 0 Å². The number of aliphatic hydroxyl groups is 1. The number of aliphatic hydroxyl groups excluding tert-OH is 1. The summed E-state index contributed by atoms with van der Waals surface area (Å²) < 4.78 is 39.7. The lowest BCUT2D eigenvalue weighted by Gasteiger charge is -2.15. The lowest BCUT2D eigenvalue weighted by atomic mass is 10.3. The van der Waals surface area contributed by atoms with Gasteiger partial charge in [0.15, 0.2) is 17.3 Å². The first-order chi connectivity index (χ1) is 9.14. The highest BCUT2D eigenvalue weighted by Gasteiger charge is 2.38. The molecule has 1 atom stereocenters. The fourth-order valence-electron chi connectivity index (χ4n) is 1.83. The molecular weight excluding hydrogens is 281 g/mol. The molecule has 0 radical (unpaired) electrons. The van der Waals surface area contributed by atoms with E-state index in [4.69, 9.17) is 5.11 Å². The number of imidazole rings is 1. The van der Waals surface area contributed by atoms with Crippen molar-refractivity contribution in [3.05, 3.63) is 27.2 Å². The molecule has 1 unspecified atom stereocenters. The molecule has 0 aliphatic rings. The first-order valence-corrected chi connectivity index (χ1v) is 5.50. The Balaban J connectivity index is 2.64. The van der Waals surface area contributed by atoms with E-state index in [1.54, 1.807) is 0 Å². The minimum atomic E-state index is -4.80. The largest absolute Gasteiger partial charge is 0.416 e. The van der Waals surface area contributed by atoms with Crippen LogP contribution in [0.5, 0.6) is 0 Å². The van der Waals surface area contributed by atoms with Crippen LogP contribution >= 0.6 is 0 Å². The Bertz CT molecular complexity index is 771. The highest BCUT2D eigenvalue weighted by molar-refractivity contribution is 5.69. The molecule has 0 amide bonds. The number of hydrogen-bond donors (Lipinski definition) is 1. The maximum atomic E-state index is 12.3. The number of aromatic nitrogens is 4. The second-order valence-electron chi connectivity index (χ2n) is 4.33. The third-order valence-electron chi connectivity index (χ3n) is 2.96. The van der Waals surface area contributed by atoms with Crippen LogP contribution in [0.2, 0.25) is 0 Å². The first-order valence-electron chi connectivity index (χ1n) is 5.50. The van der Waals surface area contributed by atoms with Crippen molar-refractivity contribution in [2.75, 3.05) is 0 Å². The molecular formula is C10H11F3N4O3. The van der Waals surface area contributed by atoms with Crippen molar-refractivity contribution in [1.29, 1.82) is 0 Å². The van der Waals surface area contributed by atoms with Crippen molar-refractivity contribution in [1.82, 2.24) is 18.7 Å². The first kappa shape index (κ1) is 14.3. The van der Waals surface area contributed by atoms with E-state index in [0.29, 0.717) is 0 Å². The third kappa shape index (κ3) is 2.11. The van der Waals surface area contributed by atoms with Crippen molar-refractivity contribution in [3.8, 4) is 0 Å². The molecule has 7 nitrogen and oxygen atoms in total. The molecule has 110 valence electrons. The number of aryl methyl sites for hydroxylation is 1. The average molecular weight is 292 g/mol. The lowest BCUT2D eigenvalue weighted by Crippen LogP contribution is -2.38. The van der Waals surface area contributed by atoms with E-state index in [9.17, 15) is 22.8 Å². The molecule has 1 N–H and O–H groups in total. The number of halogens is 3. The maximum absolute atomic E-state index is 12.3. The van der Waals surface area contributed by atoms with E-state index >= 15 is 0 Å². The predicted molar refractivity (Wildman–Crippen MR) is 62.3 cm³/mol. The number of nitrogens with zero attached hydrogens (tertiary/aromatic N) is 4. The average Bonchev–Trinajstić information content (AvgIpc) is 2.76. The second kappa shape index (κ2) is 4.47. The molecule has 0 aliphatic heterocycles. The molecule has 0 fully saturated rings. The van der Waals surface area contributed by atoms with Crippen molar-refractivity contribution in [2.45, 2.75) is 18.8 Å². The summed E-state index contributed by atoms with van der Waals surface area (Å²) in [5.74, 6) is 0. The van der Waals surface area contributed by atoms with Crippen LogP contribution in [-0.4, -0.2) is 36.1 Å². The normalized spacial score (nSPS) is 13.9. The Morgan fingerprint density at radius 3 is 2.45 bits per heavy atom. The van der Waals surface area contributed by atoms with Crippen molar-refractivity contribution in [2.24, 2.45) is 14.1 Å². The van der Waals surface area contributed by atoms with Gasteiger partial charge in [-0.05, 0) is 0 Å². The molecule has 0 aliphatic carbocycles. The van der Waals surface area contributed by atoms with Gasteiger partial charge in [0.25, 0.3) is 5.56 Å². The summed E-state index contributed by atoms with van der Waals surface area (Å²) in [6, 6.07) is 0. The minimum absolute atomic E-state index is 0.0347. The van der Waals surface area contributed by atoms with Crippen LogP contribution in [0.15, 0.2) is 15.9 Å². The van der Waals surface area contributed by atoms with E-state index in [-0.39, 0.29) is 11.2 Å². The maximum Gasteiger partial charge on any atom is 0.416 e. The Kier molecular flexibility index (Phi) is 3.20. The van der Waals surface area contributed by atoms with Crippen LogP contribution in [0.4, 0.5) is 13.2 Å². The zero-order chi connectivity index (χ0) is 15.2. The SMILES string of the molecule is Cn1c(=O)c2c(ncn2CC(O)C(F)(F)F)n(C)c1=O. The molecule has 2 aromatic rings. The van der Waals surface area contributed by atoms with Gasteiger partial charge in [0.05, 0.1) is 12.9 Å². The summed E-state index contributed by atoms with van der Waals surface area (Å²) in [4.78, 5) is 27.3. The topological polar surface area (TPSA) is 82.0 Å². The summed E-state index contributed by atoms with van der Waals surface area (Å²) in [6.07, 6.45) is -6.44. The lowest BCUT2D eigenvalue weighted by molar-refractivity contribution is -0.207. The van der Waals surface area contributed by atoms with E-state index in [2.05, 4.69) is 4.98 Å². The van der Waals surface area contributed by atoms with Crippen molar-refractivity contribution >= 4 is 11.2 Å². The monoisotopic (exact) mass is 292 g/mol. The quantitative estimate of drug-likeness (QED) is 0.798. The van der Waals surface area contributed by atoms with Crippen LogP contribution in [-0.2, 0) is 20.6 Å². The van der Waals surface area contributed by atoms with Crippen LogP contribution in [0.3, 0.4) is 0 Å². The zero-order valence-electron chi connectivity index (χ0n) is 10.5. The summed E-state index contributed by atoms with van der Waals surface area (Å²) in [5, 5.41) is 9.05.